The fourth-order valence-corrected chi connectivity index (χ4v) is 8.67. The number of fused-ring (bicyclic) bond motifs is 1. The zero-order valence-corrected chi connectivity index (χ0v) is 34.0. The number of hydrogen-bond acceptors (Lipinski definition) is 6. The molecule has 3 N–H and O–H groups in total. The fraction of sp³-hybridized carbons (Fsp3) is 0.426. The second-order valence-corrected chi connectivity index (χ2v) is 16.1. The van der Waals surface area contributed by atoms with Gasteiger partial charge in [-0.1, -0.05) is 75.0 Å². The Bertz CT molecular complexity index is 1990. The molecule has 1 fully saturated rings. The molecule has 0 bridgehead atoms. The quantitative estimate of drug-likeness (QED) is 0.147. The molecule has 4 aromatic rings. The number of nitrogens with zero attached hydrogens (tertiary/aromatic N) is 2. The summed E-state index contributed by atoms with van der Waals surface area (Å²) < 4.78 is 39.5. The molecule has 2 heterocycles. The van der Waals surface area contributed by atoms with Gasteiger partial charge in [-0.3, -0.25) is 9.69 Å². The van der Waals surface area contributed by atoms with Crippen LogP contribution < -0.4 is 15.2 Å². The van der Waals surface area contributed by atoms with E-state index in [2.05, 4.69) is 49.4 Å². The minimum Gasteiger partial charge on any atom is -0.496 e. The van der Waals surface area contributed by atoms with Crippen molar-refractivity contribution in [3.8, 4) is 22.6 Å². The first-order chi connectivity index (χ1) is 26.7. The van der Waals surface area contributed by atoms with E-state index < -0.39 is 12.1 Å². The number of nitrogens with two attached hydrogens (primary N) is 1. The summed E-state index contributed by atoms with van der Waals surface area (Å²) in [7, 11) is 5.46. The topological polar surface area (TPSA) is 88.3 Å². The standard InChI is InChI=1S/C27H30FNO4.C20H29FN2/c1-32-24-15-18(17-29-13-11-20(28)12-14-29)16-25(33-2)27(24)23-8-4-6-21-19(9-10-26(30)31)5-3-7-22(21)23;1-14-11-20(4,7-6-8-23(5)13-14)12-17-9-15(2)19(16(3)22)18(21)10-17/h3-8,15-16,20H,9-14,17H2,1-2H3,(H,30,31);6-7,9-10,14H,3,8,11-13,22H2,1-2,4-5H3/b;7-6-. The van der Waals surface area contributed by atoms with Gasteiger partial charge in [0.25, 0.3) is 0 Å². The van der Waals surface area contributed by atoms with Gasteiger partial charge in [0.1, 0.15) is 23.5 Å². The SMILES string of the molecule is C=C(N)c1c(C)cc(CC2(C)/C=C\CN(C)CC(C)C2)cc1F.COc1cc(CN2CCC(F)CC2)cc(OC)c1-c1cccc2c(CCC(=O)O)cccc12. The minimum atomic E-state index is -0.808. The van der Waals surface area contributed by atoms with E-state index in [1.807, 2.05) is 61.5 Å². The van der Waals surface area contributed by atoms with Crippen LogP contribution in [0.15, 0.2) is 79.4 Å². The number of aryl methyl sites for hydroxylation is 2. The molecule has 2 unspecified atom stereocenters. The number of allylic oxidation sites excluding steroid dienone is 1. The summed E-state index contributed by atoms with van der Waals surface area (Å²) in [6.07, 6.45) is 7.50. The molecule has 2 aliphatic heterocycles. The number of rotatable bonds is 11. The second-order valence-electron chi connectivity index (χ2n) is 16.1. The van der Waals surface area contributed by atoms with Crippen molar-refractivity contribution in [1.29, 1.82) is 0 Å². The number of aliphatic carboxylic acids is 1. The average molecular weight is 768 g/mol. The highest BCUT2D eigenvalue weighted by Crippen LogP contribution is 2.43. The molecular formula is C47H59F2N3O4. The number of carboxylic acid groups (broad SMARTS) is 1. The molecule has 7 nitrogen and oxygen atoms in total. The van der Waals surface area contributed by atoms with E-state index in [9.17, 15) is 13.6 Å². The number of ether oxygens (including phenoxy) is 2. The van der Waals surface area contributed by atoms with Gasteiger partial charge in [0.15, 0.2) is 0 Å². The van der Waals surface area contributed by atoms with E-state index in [0.29, 0.717) is 54.5 Å². The van der Waals surface area contributed by atoms with Crippen LogP contribution in [0.25, 0.3) is 27.6 Å². The highest BCUT2D eigenvalue weighted by Gasteiger charge is 2.27. The zero-order valence-electron chi connectivity index (χ0n) is 34.0. The summed E-state index contributed by atoms with van der Waals surface area (Å²) in [6, 6.07) is 19.8. The number of hydrogen-bond donors (Lipinski definition) is 2. The second kappa shape index (κ2) is 18.9. The number of likely N-dealkylation sites (tertiary alicyclic amines) is 1. The third-order valence-corrected chi connectivity index (χ3v) is 11.0. The van der Waals surface area contributed by atoms with Crippen LogP contribution in [0.2, 0.25) is 0 Å². The lowest BCUT2D eigenvalue weighted by atomic mass is 9.75. The van der Waals surface area contributed by atoms with Gasteiger partial charge in [-0.15, -0.1) is 0 Å². The number of likely N-dealkylation sites (N-methyl/N-ethyl adjacent to an activating group) is 1. The van der Waals surface area contributed by atoms with Crippen molar-refractivity contribution < 1.29 is 28.2 Å². The Kier molecular flexibility index (Phi) is 14.3. The van der Waals surface area contributed by atoms with Crippen molar-refractivity contribution >= 4 is 22.4 Å². The number of carboxylic acids is 1. The molecule has 1 saturated heterocycles. The number of methoxy groups -OCH3 is 2. The molecule has 6 rings (SSSR count). The zero-order chi connectivity index (χ0) is 40.6. The van der Waals surface area contributed by atoms with Gasteiger partial charge in [0.2, 0.25) is 0 Å². The molecule has 0 spiro atoms. The van der Waals surface area contributed by atoms with E-state index in [1.54, 1.807) is 20.3 Å². The molecule has 2 atom stereocenters. The maximum atomic E-state index is 14.3. The van der Waals surface area contributed by atoms with Crippen LogP contribution in [0.4, 0.5) is 8.78 Å². The van der Waals surface area contributed by atoms with Gasteiger partial charge in [-0.25, -0.2) is 8.78 Å². The summed E-state index contributed by atoms with van der Waals surface area (Å²) in [5.41, 5.74) is 12.3. The normalized spacial score (nSPS) is 20.0. The van der Waals surface area contributed by atoms with Gasteiger partial charge in [0.05, 0.1) is 19.8 Å². The molecule has 2 aliphatic rings. The molecule has 0 saturated carbocycles. The predicted molar refractivity (Wildman–Crippen MR) is 224 cm³/mol. The van der Waals surface area contributed by atoms with Crippen molar-refractivity contribution in [2.24, 2.45) is 17.1 Å². The summed E-state index contributed by atoms with van der Waals surface area (Å²) >= 11 is 0. The Hall–Kier alpha value is -4.73. The number of carbonyl (C=O) groups is 1. The van der Waals surface area contributed by atoms with Crippen LogP contribution in [0.5, 0.6) is 11.5 Å². The summed E-state index contributed by atoms with van der Waals surface area (Å²) in [5, 5.41) is 11.2. The van der Waals surface area contributed by atoms with E-state index >= 15 is 0 Å². The predicted octanol–water partition coefficient (Wildman–Crippen LogP) is 9.62. The molecule has 300 valence electrons. The lowest BCUT2D eigenvalue weighted by molar-refractivity contribution is -0.136. The van der Waals surface area contributed by atoms with Crippen molar-refractivity contribution in [3.63, 3.8) is 0 Å². The maximum absolute atomic E-state index is 14.3. The van der Waals surface area contributed by atoms with Crippen molar-refractivity contribution in [2.45, 2.75) is 72.0 Å². The van der Waals surface area contributed by atoms with Crippen molar-refractivity contribution in [2.75, 3.05) is 47.4 Å². The Morgan fingerprint density at radius 2 is 1.68 bits per heavy atom. The van der Waals surface area contributed by atoms with Gasteiger partial charge in [-0.2, -0.15) is 0 Å². The third-order valence-electron chi connectivity index (χ3n) is 11.0. The van der Waals surface area contributed by atoms with Crippen molar-refractivity contribution in [1.82, 2.24) is 9.80 Å². The van der Waals surface area contributed by atoms with Crippen LogP contribution in [-0.4, -0.2) is 74.5 Å². The largest absolute Gasteiger partial charge is 0.496 e. The number of halogens is 2. The first-order valence-electron chi connectivity index (χ1n) is 19.6. The number of alkyl halides is 1. The first-order valence-corrected chi connectivity index (χ1v) is 19.6. The van der Waals surface area contributed by atoms with E-state index in [-0.39, 0.29) is 17.7 Å². The van der Waals surface area contributed by atoms with Gasteiger partial charge in [0, 0.05) is 50.4 Å². The van der Waals surface area contributed by atoms with E-state index in [0.717, 1.165) is 83.2 Å². The van der Waals surface area contributed by atoms with Gasteiger partial charge < -0.3 is 25.2 Å². The Morgan fingerprint density at radius 3 is 2.30 bits per heavy atom. The third kappa shape index (κ3) is 10.8. The number of benzene rings is 4. The Morgan fingerprint density at radius 1 is 1.02 bits per heavy atom. The summed E-state index contributed by atoms with van der Waals surface area (Å²) in [5.74, 6) is 0.974. The molecule has 9 heteroatoms. The lowest BCUT2D eigenvalue weighted by Gasteiger charge is -2.34. The molecule has 0 aromatic heterocycles. The van der Waals surface area contributed by atoms with Crippen molar-refractivity contribution in [3.05, 3.63) is 113 Å². The fourth-order valence-electron chi connectivity index (χ4n) is 8.67. The molecular weight excluding hydrogens is 709 g/mol. The smallest absolute Gasteiger partial charge is 0.303 e. The summed E-state index contributed by atoms with van der Waals surface area (Å²) in [6.45, 7) is 14.4. The molecule has 0 aliphatic carbocycles. The highest BCUT2D eigenvalue weighted by atomic mass is 19.1. The van der Waals surface area contributed by atoms with E-state index in [4.69, 9.17) is 20.3 Å². The molecule has 0 amide bonds. The summed E-state index contributed by atoms with van der Waals surface area (Å²) in [4.78, 5) is 15.7. The molecule has 4 aromatic carbocycles. The molecule has 0 radical (unpaired) electrons. The monoisotopic (exact) mass is 767 g/mol. The van der Waals surface area contributed by atoms with Crippen LogP contribution in [0.1, 0.15) is 67.3 Å². The van der Waals surface area contributed by atoms with Gasteiger partial charge >= 0.3 is 5.97 Å². The highest BCUT2D eigenvalue weighted by molar-refractivity contribution is 6.01. The molecule has 56 heavy (non-hydrogen) atoms. The van der Waals surface area contributed by atoms with Gasteiger partial charge in [-0.05, 0) is 114 Å². The Labute approximate surface area is 331 Å². The average Bonchev–Trinajstić information content (AvgIpc) is 3.13. The maximum Gasteiger partial charge on any atom is 0.303 e. The van der Waals surface area contributed by atoms with Crippen LogP contribution in [0.3, 0.4) is 0 Å². The van der Waals surface area contributed by atoms with E-state index in [1.165, 1.54) is 0 Å². The first kappa shape index (κ1) is 42.4. The number of piperidine rings is 1. The minimum absolute atomic E-state index is 0.0563. The lowest BCUT2D eigenvalue weighted by Crippen LogP contribution is -2.33. The van der Waals surface area contributed by atoms with Crippen LogP contribution in [-0.2, 0) is 24.2 Å². The Balaban J connectivity index is 0.000000229. The van der Waals surface area contributed by atoms with Crippen LogP contribution >= 0.6 is 0 Å². The van der Waals surface area contributed by atoms with Crippen LogP contribution in [0, 0.1) is 24.1 Å².